The fourth-order valence-corrected chi connectivity index (χ4v) is 2.57. The summed E-state index contributed by atoms with van der Waals surface area (Å²) in [5.41, 5.74) is 0.648. The fraction of sp³-hybridized carbons (Fsp3) is 0.176. The van der Waals surface area contributed by atoms with Gasteiger partial charge in [0.1, 0.15) is 0 Å². The van der Waals surface area contributed by atoms with E-state index in [9.17, 15) is 4.79 Å². The lowest BCUT2D eigenvalue weighted by Gasteiger charge is -2.31. The molecule has 3 rings (SSSR count). The average molecular weight is 315 g/mol. The molecule has 0 N–H and O–H groups in total. The highest BCUT2D eigenvalue weighted by atomic mass is 35.5. The molecule has 22 heavy (non-hydrogen) atoms. The molecule has 1 aliphatic rings. The van der Waals surface area contributed by atoms with E-state index in [0.717, 1.165) is 11.1 Å². The number of hydrogen-bond donors (Lipinski definition) is 0. The number of carbonyl (C=O) groups excluding carboxylic acids is 1. The number of halogens is 1. The standard InChI is InChI=1S/C17H15ClN2O2/c1-12(21)20-17(2,14-8-10-15(18)11-9-14)22-16(19-20)13-6-4-3-5-7-13/h3-11H,1-2H3. The third-order valence-corrected chi connectivity index (χ3v) is 3.84. The highest BCUT2D eigenvalue weighted by Crippen LogP contribution is 2.36. The molecule has 4 nitrogen and oxygen atoms in total. The Hall–Kier alpha value is -2.33. The highest BCUT2D eigenvalue weighted by molar-refractivity contribution is 6.30. The van der Waals surface area contributed by atoms with Gasteiger partial charge in [-0.25, -0.2) is 0 Å². The third kappa shape index (κ3) is 2.46. The molecule has 0 bridgehead atoms. The summed E-state index contributed by atoms with van der Waals surface area (Å²) in [5, 5.41) is 6.34. The molecular formula is C17H15ClN2O2. The number of nitrogens with zero attached hydrogens (tertiary/aromatic N) is 2. The zero-order valence-electron chi connectivity index (χ0n) is 12.3. The van der Waals surface area contributed by atoms with Crippen molar-refractivity contribution in [2.24, 2.45) is 5.10 Å². The number of benzene rings is 2. The van der Waals surface area contributed by atoms with Crippen LogP contribution in [0.3, 0.4) is 0 Å². The first-order chi connectivity index (χ1) is 10.5. The molecule has 1 amide bonds. The van der Waals surface area contributed by atoms with Crippen molar-refractivity contribution in [1.29, 1.82) is 0 Å². The molecular weight excluding hydrogens is 300 g/mol. The summed E-state index contributed by atoms with van der Waals surface area (Å²) in [6, 6.07) is 16.7. The van der Waals surface area contributed by atoms with E-state index in [1.165, 1.54) is 11.9 Å². The van der Waals surface area contributed by atoms with E-state index in [-0.39, 0.29) is 5.91 Å². The Balaban J connectivity index is 2.02. The lowest BCUT2D eigenvalue weighted by atomic mass is 10.0. The van der Waals surface area contributed by atoms with Crippen LogP contribution in [0.25, 0.3) is 0 Å². The monoisotopic (exact) mass is 314 g/mol. The van der Waals surface area contributed by atoms with E-state index in [2.05, 4.69) is 5.10 Å². The minimum absolute atomic E-state index is 0.191. The summed E-state index contributed by atoms with van der Waals surface area (Å²) < 4.78 is 6.05. The third-order valence-electron chi connectivity index (χ3n) is 3.59. The smallest absolute Gasteiger partial charge is 0.243 e. The van der Waals surface area contributed by atoms with Gasteiger partial charge in [0.2, 0.25) is 17.5 Å². The van der Waals surface area contributed by atoms with Crippen molar-refractivity contribution in [2.45, 2.75) is 19.6 Å². The summed E-state index contributed by atoms with van der Waals surface area (Å²) in [7, 11) is 0. The Labute approximate surface area is 134 Å². The van der Waals surface area contributed by atoms with Gasteiger partial charge in [-0.2, -0.15) is 5.01 Å². The summed E-state index contributed by atoms with van der Waals surface area (Å²) in [6.07, 6.45) is 0. The topological polar surface area (TPSA) is 41.9 Å². The lowest BCUT2D eigenvalue weighted by Crippen LogP contribution is -2.41. The van der Waals surface area contributed by atoms with Crippen LogP contribution in [-0.4, -0.2) is 16.8 Å². The van der Waals surface area contributed by atoms with Gasteiger partial charge >= 0.3 is 0 Å². The van der Waals surface area contributed by atoms with Crippen molar-refractivity contribution in [3.8, 4) is 0 Å². The van der Waals surface area contributed by atoms with Crippen LogP contribution in [0, 0.1) is 0 Å². The Kier molecular flexibility index (Phi) is 3.62. The van der Waals surface area contributed by atoms with Gasteiger partial charge in [-0.3, -0.25) is 4.79 Å². The molecule has 0 saturated carbocycles. The van der Waals surface area contributed by atoms with Gasteiger partial charge in [-0.05, 0) is 24.3 Å². The van der Waals surface area contributed by atoms with Crippen molar-refractivity contribution in [2.75, 3.05) is 0 Å². The molecule has 2 aromatic carbocycles. The molecule has 0 aliphatic carbocycles. The minimum Gasteiger partial charge on any atom is -0.443 e. The Bertz CT molecular complexity index is 728. The van der Waals surface area contributed by atoms with Crippen LogP contribution in [0.1, 0.15) is 25.0 Å². The zero-order valence-corrected chi connectivity index (χ0v) is 13.0. The molecule has 0 saturated heterocycles. The van der Waals surface area contributed by atoms with Crippen LogP contribution in [0.4, 0.5) is 0 Å². The molecule has 0 fully saturated rings. The van der Waals surface area contributed by atoms with E-state index in [0.29, 0.717) is 10.9 Å². The molecule has 2 aromatic rings. The SMILES string of the molecule is CC(=O)N1N=C(c2ccccc2)OC1(C)c1ccc(Cl)cc1. The van der Waals surface area contributed by atoms with E-state index < -0.39 is 5.72 Å². The molecule has 112 valence electrons. The molecule has 1 heterocycles. The maximum atomic E-state index is 12.0. The molecule has 0 spiro atoms. The molecule has 1 atom stereocenters. The van der Waals surface area contributed by atoms with Crippen LogP contribution in [0.5, 0.6) is 0 Å². The number of hydrazone groups is 1. The van der Waals surface area contributed by atoms with Gasteiger partial charge in [0.15, 0.2) is 0 Å². The summed E-state index contributed by atoms with van der Waals surface area (Å²) in [6.45, 7) is 3.28. The van der Waals surface area contributed by atoms with Crippen LogP contribution in [0.15, 0.2) is 59.7 Å². The first-order valence-electron chi connectivity index (χ1n) is 6.90. The van der Waals surface area contributed by atoms with Crippen molar-refractivity contribution in [3.63, 3.8) is 0 Å². The van der Waals surface area contributed by atoms with E-state index in [1.807, 2.05) is 49.4 Å². The van der Waals surface area contributed by atoms with Crippen molar-refractivity contribution in [3.05, 3.63) is 70.7 Å². The van der Waals surface area contributed by atoms with Gasteiger partial charge in [0.05, 0.1) is 0 Å². The van der Waals surface area contributed by atoms with Crippen LogP contribution < -0.4 is 0 Å². The first-order valence-corrected chi connectivity index (χ1v) is 7.28. The van der Waals surface area contributed by atoms with Crippen LogP contribution >= 0.6 is 11.6 Å². The second kappa shape index (κ2) is 5.46. The molecule has 0 radical (unpaired) electrons. The van der Waals surface area contributed by atoms with E-state index in [4.69, 9.17) is 16.3 Å². The number of ether oxygens (including phenoxy) is 1. The number of carbonyl (C=O) groups is 1. The van der Waals surface area contributed by atoms with Gasteiger partial charge in [0.25, 0.3) is 0 Å². The average Bonchev–Trinajstić information content (AvgIpc) is 2.88. The maximum absolute atomic E-state index is 12.0. The fourth-order valence-electron chi connectivity index (χ4n) is 2.45. The van der Waals surface area contributed by atoms with Crippen molar-refractivity contribution < 1.29 is 9.53 Å². The van der Waals surface area contributed by atoms with Crippen LogP contribution in [-0.2, 0) is 15.3 Å². The molecule has 1 unspecified atom stereocenters. The van der Waals surface area contributed by atoms with Gasteiger partial charge in [-0.1, -0.05) is 41.9 Å². The van der Waals surface area contributed by atoms with Gasteiger partial charge in [-0.15, -0.1) is 5.10 Å². The maximum Gasteiger partial charge on any atom is 0.243 e. The van der Waals surface area contributed by atoms with E-state index in [1.54, 1.807) is 12.1 Å². The second-order valence-electron chi connectivity index (χ2n) is 5.19. The summed E-state index contributed by atoms with van der Waals surface area (Å²) in [5.74, 6) is 0.233. The van der Waals surface area contributed by atoms with Gasteiger partial charge in [0, 0.05) is 30.0 Å². The van der Waals surface area contributed by atoms with Crippen LogP contribution in [0.2, 0.25) is 5.02 Å². The number of amides is 1. The quantitative estimate of drug-likeness (QED) is 0.847. The first kappa shape index (κ1) is 14.6. The highest BCUT2D eigenvalue weighted by Gasteiger charge is 2.44. The Morgan fingerprint density at radius 2 is 1.77 bits per heavy atom. The van der Waals surface area contributed by atoms with Crippen molar-refractivity contribution in [1.82, 2.24) is 5.01 Å². The largest absolute Gasteiger partial charge is 0.443 e. The van der Waals surface area contributed by atoms with E-state index >= 15 is 0 Å². The normalized spacial score (nSPS) is 20.5. The molecule has 1 aliphatic heterocycles. The Morgan fingerprint density at radius 1 is 1.14 bits per heavy atom. The molecule has 0 aromatic heterocycles. The Morgan fingerprint density at radius 3 is 2.36 bits per heavy atom. The molecule has 5 heteroatoms. The predicted molar refractivity (Wildman–Crippen MR) is 85.4 cm³/mol. The zero-order chi connectivity index (χ0) is 15.7. The number of hydrogen-bond acceptors (Lipinski definition) is 3. The predicted octanol–water partition coefficient (Wildman–Crippen LogP) is 3.75. The second-order valence-corrected chi connectivity index (χ2v) is 5.63. The van der Waals surface area contributed by atoms with Crippen molar-refractivity contribution >= 4 is 23.4 Å². The lowest BCUT2D eigenvalue weighted by molar-refractivity contribution is -0.146. The minimum atomic E-state index is -0.985. The summed E-state index contributed by atoms with van der Waals surface area (Å²) >= 11 is 5.94. The number of rotatable bonds is 2. The summed E-state index contributed by atoms with van der Waals surface area (Å²) in [4.78, 5) is 12.0. The van der Waals surface area contributed by atoms with Gasteiger partial charge < -0.3 is 4.74 Å².